The van der Waals surface area contributed by atoms with Crippen LogP contribution in [0.2, 0.25) is 0 Å². The van der Waals surface area contributed by atoms with Gasteiger partial charge < -0.3 is 29.8 Å². The van der Waals surface area contributed by atoms with Crippen LogP contribution in [0.4, 0.5) is 23.4 Å². The minimum Gasteiger partial charge on any atom is -0.420 e. The third kappa shape index (κ3) is 9.16. The predicted molar refractivity (Wildman–Crippen MR) is 168 cm³/mol. The van der Waals surface area contributed by atoms with Crippen LogP contribution in [0.5, 0.6) is 5.75 Å². The van der Waals surface area contributed by atoms with Crippen molar-refractivity contribution >= 4 is 39.6 Å². The maximum atomic E-state index is 13.6. The molecule has 2 aromatic carbocycles. The second kappa shape index (κ2) is 17.0. The van der Waals surface area contributed by atoms with Crippen LogP contribution in [-0.2, 0) is 32.0 Å². The van der Waals surface area contributed by atoms with E-state index in [-0.39, 0.29) is 44.8 Å². The molecule has 0 radical (unpaired) electrons. The number of esters is 1. The highest BCUT2D eigenvalue weighted by Gasteiger charge is 2.23. The third-order valence-electron chi connectivity index (χ3n) is 7.48. The maximum Gasteiger partial charge on any atom is 0.313 e. The zero-order valence-electron chi connectivity index (χ0n) is 26.5. The maximum absolute atomic E-state index is 13.6. The summed E-state index contributed by atoms with van der Waals surface area (Å²) in [6.45, 7) is 5.58. The molecule has 4 rings (SSSR count). The number of hydrogen-bond donors (Lipinski definition) is 2. The van der Waals surface area contributed by atoms with Crippen LogP contribution >= 0.6 is 0 Å². The number of fused-ring (bicyclic) bond motifs is 3. The number of aromatic nitrogens is 3. The van der Waals surface area contributed by atoms with Gasteiger partial charge in [-0.2, -0.15) is 8.78 Å². The van der Waals surface area contributed by atoms with Crippen molar-refractivity contribution in [3.05, 3.63) is 58.9 Å². The Morgan fingerprint density at radius 1 is 0.915 bits per heavy atom. The van der Waals surface area contributed by atoms with Crippen LogP contribution in [-0.4, -0.2) is 59.4 Å². The van der Waals surface area contributed by atoms with Gasteiger partial charge in [0.05, 0.1) is 43.9 Å². The number of para-hydroxylation sites is 1. The fraction of sp³-hybridized carbons (Fsp3) is 0.455. The number of ether oxygens (including phenoxy) is 3. The summed E-state index contributed by atoms with van der Waals surface area (Å²) in [5, 5.41) is 3.92. The van der Waals surface area contributed by atoms with Gasteiger partial charge in [-0.1, -0.05) is 31.5 Å². The molecule has 0 bridgehead atoms. The van der Waals surface area contributed by atoms with E-state index in [1.54, 1.807) is 0 Å². The van der Waals surface area contributed by atoms with E-state index < -0.39 is 41.4 Å². The van der Waals surface area contributed by atoms with E-state index in [9.17, 15) is 27.2 Å². The fourth-order valence-corrected chi connectivity index (χ4v) is 5.05. The van der Waals surface area contributed by atoms with Crippen molar-refractivity contribution in [1.82, 2.24) is 19.9 Å². The highest BCUT2D eigenvalue weighted by molar-refractivity contribution is 6.07. The van der Waals surface area contributed by atoms with Crippen molar-refractivity contribution < 1.29 is 41.4 Å². The first-order valence-corrected chi connectivity index (χ1v) is 15.6. The minimum atomic E-state index is -1.80. The molecule has 4 aromatic rings. The second-order valence-corrected chi connectivity index (χ2v) is 11.0. The molecule has 0 aliphatic heterocycles. The molecule has 1 amide bonds. The number of carbonyl (C=O) groups excluding carboxylic acids is 2. The molecule has 0 fully saturated rings. The van der Waals surface area contributed by atoms with Gasteiger partial charge in [-0.15, -0.1) is 0 Å². The molecule has 0 aliphatic carbocycles. The lowest BCUT2D eigenvalue weighted by atomic mass is 10.1. The van der Waals surface area contributed by atoms with Gasteiger partial charge in [0.25, 0.3) is 0 Å². The Morgan fingerprint density at radius 2 is 1.62 bits per heavy atom. The highest BCUT2D eigenvalue weighted by Crippen LogP contribution is 2.31. The fourth-order valence-electron chi connectivity index (χ4n) is 5.05. The van der Waals surface area contributed by atoms with Gasteiger partial charge in [0.2, 0.25) is 23.3 Å². The van der Waals surface area contributed by atoms with Crippen LogP contribution < -0.4 is 15.8 Å². The van der Waals surface area contributed by atoms with Crippen LogP contribution in [0.25, 0.3) is 21.9 Å². The van der Waals surface area contributed by atoms with E-state index >= 15 is 0 Å². The Hall–Kier alpha value is -4.30. The van der Waals surface area contributed by atoms with Crippen molar-refractivity contribution in [3.63, 3.8) is 0 Å². The van der Waals surface area contributed by atoms with Gasteiger partial charge in [0.1, 0.15) is 11.3 Å². The molecule has 0 saturated heterocycles. The Bertz CT molecular complexity index is 1690. The van der Waals surface area contributed by atoms with E-state index in [1.165, 1.54) is 0 Å². The lowest BCUT2D eigenvalue weighted by Crippen LogP contribution is -2.26. The largest absolute Gasteiger partial charge is 0.420 e. The number of imidazole rings is 1. The van der Waals surface area contributed by atoms with Crippen molar-refractivity contribution in [1.29, 1.82) is 0 Å². The van der Waals surface area contributed by atoms with Gasteiger partial charge in [0, 0.05) is 37.4 Å². The number of nitrogens with two attached hydrogens (primary N) is 1. The average molecular weight is 662 g/mol. The molecule has 3 N–H and O–H groups in total. The van der Waals surface area contributed by atoms with Crippen molar-refractivity contribution in [2.45, 2.75) is 65.3 Å². The van der Waals surface area contributed by atoms with Crippen molar-refractivity contribution in [3.8, 4) is 5.75 Å². The number of anilines is 1. The van der Waals surface area contributed by atoms with Crippen LogP contribution in [0.1, 0.15) is 56.8 Å². The van der Waals surface area contributed by atoms with Gasteiger partial charge in [0.15, 0.2) is 17.5 Å². The molecule has 2 heterocycles. The standard InChI is InChI=1S/C33H39F4N5O5/c1-3-4-10-24-40-30-31(21-9-7-8-20(2)29(21)41-33(30)38)42(24)14-6-5-13-39-25(43)11-15-45-17-18-46-16-12-26(44)47-32-27(36)22(34)19-23(35)28(32)37/h7-9,19H,3-6,10-18H2,1-2H3,(H2,38,41)(H,39,43). The van der Waals surface area contributed by atoms with Crippen LogP contribution in [0.15, 0.2) is 24.3 Å². The second-order valence-electron chi connectivity index (χ2n) is 11.0. The number of nitrogens with zero attached hydrogens (tertiary/aromatic N) is 3. The van der Waals surface area contributed by atoms with E-state index in [0.717, 1.165) is 72.0 Å². The summed E-state index contributed by atoms with van der Waals surface area (Å²) >= 11 is 0. The number of aryl methyl sites for hydroxylation is 3. The summed E-state index contributed by atoms with van der Waals surface area (Å²) in [6.07, 6.45) is 4.22. The monoisotopic (exact) mass is 661 g/mol. The molecule has 0 aliphatic rings. The number of nitrogen functional groups attached to an aromatic ring is 1. The zero-order valence-corrected chi connectivity index (χ0v) is 26.5. The quantitative estimate of drug-likeness (QED) is 0.0458. The number of rotatable bonds is 18. The van der Waals surface area contributed by atoms with Crippen molar-refractivity contribution in [2.75, 3.05) is 38.7 Å². The van der Waals surface area contributed by atoms with Gasteiger partial charge in [-0.25, -0.2) is 18.7 Å². The Labute approximate surface area is 269 Å². The summed E-state index contributed by atoms with van der Waals surface area (Å²) in [4.78, 5) is 33.5. The molecule has 10 nitrogen and oxygen atoms in total. The number of amides is 1. The Balaban J connectivity index is 1.12. The van der Waals surface area contributed by atoms with Gasteiger partial charge in [-0.3, -0.25) is 9.59 Å². The number of nitrogens with one attached hydrogen (secondary N) is 1. The normalized spacial score (nSPS) is 11.4. The molecular formula is C33H39F4N5O5. The molecule has 0 atom stereocenters. The Morgan fingerprint density at radius 3 is 2.32 bits per heavy atom. The van der Waals surface area contributed by atoms with Crippen LogP contribution in [0.3, 0.4) is 0 Å². The predicted octanol–water partition coefficient (Wildman–Crippen LogP) is 5.69. The zero-order chi connectivity index (χ0) is 33.9. The number of hydrogen-bond acceptors (Lipinski definition) is 8. The van der Waals surface area contributed by atoms with Crippen molar-refractivity contribution in [2.24, 2.45) is 0 Å². The summed E-state index contributed by atoms with van der Waals surface area (Å²) in [5.41, 5.74) is 9.98. The lowest BCUT2D eigenvalue weighted by molar-refractivity contribution is -0.136. The molecule has 47 heavy (non-hydrogen) atoms. The molecule has 2 aromatic heterocycles. The first-order valence-electron chi connectivity index (χ1n) is 15.6. The highest BCUT2D eigenvalue weighted by atomic mass is 19.2. The minimum absolute atomic E-state index is 0.0153. The van der Waals surface area contributed by atoms with Gasteiger partial charge >= 0.3 is 5.97 Å². The Kier molecular flexibility index (Phi) is 12.9. The number of unbranched alkanes of at least 4 members (excludes halogenated alkanes) is 2. The number of carbonyl (C=O) groups is 2. The molecule has 254 valence electrons. The average Bonchev–Trinajstić information content (AvgIpc) is 3.42. The summed E-state index contributed by atoms with van der Waals surface area (Å²) in [5.74, 6) is -8.28. The lowest BCUT2D eigenvalue weighted by Gasteiger charge is -2.12. The van der Waals surface area contributed by atoms with E-state index in [0.29, 0.717) is 12.4 Å². The first kappa shape index (κ1) is 35.6. The topological polar surface area (TPSA) is 131 Å². The third-order valence-corrected chi connectivity index (χ3v) is 7.48. The number of halogens is 4. The smallest absolute Gasteiger partial charge is 0.313 e. The van der Waals surface area contributed by atoms with E-state index in [1.807, 2.05) is 19.1 Å². The molecule has 14 heteroatoms. The summed E-state index contributed by atoms with van der Waals surface area (Å²) < 4.78 is 70.8. The van der Waals surface area contributed by atoms with Gasteiger partial charge in [-0.05, 0) is 31.7 Å². The molecule has 0 unspecified atom stereocenters. The van der Waals surface area contributed by atoms with E-state index in [2.05, 4.69) is 32.6 Å². The molecule has 0 spiro atoms. The molecular weight excluding hydrogens is 622 g/mol. The summed E-state index contributed by atoms with van der Waals surface area (Å²) in [7, 11) is 0. The first-order chi connectivity index (χ1) is 22.6. The van der Waals surface area contributed by atoms with E-state index in [4.69, 9.17) is 20.2 Å². The van der Waals surface area contributed by atoms with Crippen LogP contribution in [0, 0.1) is 30.2 Å². The SMILES string of the molecule is CCCCc1nc2c(N)nc3c(C)cccc3c2n1CCCCNC(=O)CCOCCOCCC(=O)Oc1c(F)c(F)cc(F)c1F. The summed E-state index contributed by atoms with van der Waals surface area (Å²) in [6, 6.07) is 6.10. The molecule has 0 saturated carbocycles. The number of benzene rings is 2. The number of pyridine rings is 1.